The van der Waals surface area contributed by atoms with E-state index in [1.807, 2.05) is 11.1 Å². The van der Waals surface area contributed by atoms with Gasteiger partial charge in [-0.3, -0.25) is 4.79 Å². The van der Waals surface area contributed by atoms with Crippen LogP contribution in [0.5, 0.6) is 5.75 Å². The predicted octanol–water partition coefficient (Wildman–Crippen LogP) is 8.56. The number of anilines is 1. The number of carbonyl (C=O) groups excluding carboxylic acids is 1. The highest BCUT2D eigenvalue weighted by Gasteiger charge is 2.34. The standard InChI is InChI=1S/C35H42N2O5S/c1-22-18-27(14-17-31(22)41-2)24-8-6-23(7-9-24)21-37(34(38)26-12-15-30(16-13-26)42-35(39)40)29-5-3-4-28(19-29)32-20-36-33(43-32)25-10-11-25/h3-5,14,17-20,23-26,30H,6-13,15-16,21H2,1-2H3,(H,39,40). The highest BCUT2D eigenvalue weighted by atomic mass is 32.1. The zero-order valence-electron chi connectivity index (χ0n) is 25.2. The second kappa shape index (κ2) is 13.1. The number of aromatic nitrogens is 1. The molecule has 3 aliphatic rings. The summed E-state index contributed by atoms with van der Waals surface area (Å²) in [5.74, 6) is 2.55. The first-order valence-corrected chi connectivity index (χ1v) is 16.6. The summed E-state index contributed by atoms with van der Waals surface area (Å²) in [6.07, 6.45) is 9.76. The first-order chi connectivity index (χ1) is 20.9. The van der Waals surface area contributed by atoms with Gasteiger partial charge < -0.3 is 19.5 Å². The maximum absolute atomic E-state index is 14.2. The number of amides is 1. The molecule has 3 aliphatic carbocycles. The van der Waals surface area contributed by atoms with Gasteiger partial charge in [0.05, 0.1) is 17.0 Å². The first-order valence-electron chi connectivity index (χ1n) is 15.8. The van der Waals surface area contributed by atoms with Crippen molar-refractivity contribution in [1.82, 2.24) is 4.98 Å². The van der Waals surface area contributed by atoms with E-state index in [1.54, 1.807) is 18.4 Å². The zero-order valence-corrected chi connectivity index (χ0v) is 26.0. The van der Waals surface area contributed by atoms with Gasteiger partial charge in [-0.25, -0.2) is 9.78 Å². The summed E-state index contributed by atoms with van der Waals surface area (Å²) in [7, 11) is 1.72. The lowest BCUT2D eigenvalue weighted by Gasteiger charge is -2.36. The molecule has 7 nitrogen and oxygen atoms in total. The van der Waals surface area contributed by atoms with E-state index in [0.717, 1.165) is 47.6 Å². The Hall–Kier alpha value is -3.39. The van der Waals surface area contributed by atoms with Crippen LogP contribution >= 0.6 is 11.3 Å². The van der Waals surface area contributed by atoms with Gasteiger partial charge >= 0.3 is 6.16 Å². The van der Waals surface area contributed by atoms with Gasteiger partial charge in [0.1, 0.15) is 11.9 Å². The van der Waals surface area contributed by atoms with Crippen LogP contribution in [0.1, 0.15) is 92.2 Å². The maximum Gasteiger partial charge on any atom is 0.506 e. The molecular formula is C35H42N2O5S. The van der Waals surface area contributed by atoms with E-state index in [-0.39, 0.29) is 17.9 Å². The van der Waals surface area contributed by atoms with Crippen molar-refractivity contribution < 1.29 is 24.2 Å². The molecule has 228 valence electrons. The smallest absolute Gasteiger partial charge is 0.496 e. The van der Waals surface area contributed by atoms with Crippen LogP contribution in [0.4, 0.5) is 10.5 Å². The number of rotatable bonds is 9. The fourth-order valence-corrected chi connectivity index (χ4v) is 8.06. The summed E-state index contributed by atoms with van der Waals surface area (Å²) in [6.45, 7) is 2.81. The average Bonchev–Trinajstić information content (AvgIpc) is 3.76. The summed E-state index contributed by atoms with van der Waals surface area (Å²) in [6, 6.07) is 15.0. The van der Waals surface area contributed by atoms with Crippen molar-refractivity contribution in [2.24, 2.45) is 11.8 Å². The Kier molecular flexibility index (Phi) is 9.03. The number of carbonyl (C=O) groups is 2. The van der Waals surface area contributed by atoms with E-state index in [0.29, 0.717) is 50.0 Å². The Morgan fingerprint density at radius 1 is 0.953 bits per heavy atom. The molecule has 6 rings (SSSR count). The lowest BCUT2D eigenvalue weighted by atomic mass is 9.78. The van der Waals surface area contributed by atoms with E-state index in [2.05, 4.69) is 54.4 Å². The number of ether oxygens (including phenoxy) is 2. The SMILES string of the molecule is COc1ccc(C2CCC(CN(C(=O)C3CCC(OC(=O)O)CC3)c3cccc(-c4cnc(C5CC5)s4)c3)CC2)cc1C. The minimum absolute atomic E-state index is 0.124. The Bertz CT molecular complexity index is 1430. The number of hydrogen-bond donors (Lipinski definition) is 1. The van der Waals surface area contributed by atoms with E-state index >= 15 is 0 Å². The molecule has 43 heavy (non-hydrogen) atoms. The highest BCUT2D eigenvalue weighted by Crippen LogP contribution is 2.44. The van der Waals surface area contributed by atoms with Crippen LogP contribution in [-0.2, 0) is 9.53 Å². The molecular weight excluding hydrogens is 560 g/mol. The lowest BCUT2D eigenvalue weighted by molar-refractivity contribution is -0.124. The van der Waals surface area contributed by atoms with E-state index in [9.17, 15) is 9.59 Å². The summed E-state index contributed by atoms with van der Waals surface area (Å²) in [5, 5.41) is 10.3. The van der Waals surface area contributed by atoms with Crippen molar-refractivity contribution in [2.75, 3.05) is 18.6 Å². The summed E-state index contributed by atoms with van der Waals surface area (Å²) >= 11 is 1.77. The third-order valence-electron chi connectivity index (χ3n) is 9.63. The molecule has 0 bridgehead atoms. The molecule has 1 N–H and O–H groups in total. The van der Waals surface area contributed by atoms with Gasteiger partial charge in [-0.15, -0.1) is 11.3 Å². The van der Waals surface area contributed by atoms with E-state index < -0.39 is 6.16 Å². The Labute approximate surface area is 258 Å². The third kappa shape index (κ3) is 7.06. The molecule has 3 saturated carbocycles. The average molecular weight is 603 g/mol. The molecule has 0 radical (unpaired) electrons. The molecule has 1 amide bonds. The van der Waals surface area contributed by atoms with Crippen LogP contribution in [0.15, 0.2) is 48.7 Å². The zero-order chi connectivity index (χ0) is 29.9. The van der Waals surface area contributed by atoms with Gasteiger partial charge in [0, 0.05) is 30.3 Å². The molecule has 0 saturated heterocycles. The van der Waals surface area contributed by atoms with Crippen LogP contribution in [0.3, 0.4) is 0 Å². The lowest BCUT2D eigenvalue weighted by Crippen LogP contribution is -2.42. The third-order valence-corrected chi connectivity index (χ3v) is 10.8. The number of nitrogens with zero attached hydrogens (tertiary/aromatic N) is 2. The van der Waals surface area contributed by atoms with Crippen molar-refractivity contribution in [3.05, 3.63) is 64.8 Å². The molecule has 3 aromatic rings. The van der Waals surface area contributed by atoms with E-state index in [4.69, 9.17) is 14.6 Å². The minimum Gasteiger partial charge on any atom is -0.496 e. The van der Waals surface area contributed by atoms with Gasteiger partial charge in [0.15, 0.2) is 0 Å². The van der Waals surface area contributed by atoms with Gasteiger partial charge in [0.2, 0.25) is 5.91 Å². The predicted molar refractivity (Wildman–Crippen MR) is 169 cm³/mol. The fraction of sp³-hybridized carbons (Fsp3) is 0.514. The van der Waals surface area contributed by atoms with Crippen molar-refractivity contribution in [1.29, 1.82) is 0 Å². The summed E-state index contributed by atoms with van der Waals surface area (Å²) < 4.78 is 10.5. The summed E-state index contributed by atoms with van der Waals surface area (Å²) in [5.41, 5.74) is 4.61. The number of hydrogen-bond acceptors (Lipinski definition) is 6. The van der Waals surface area contributed by atoms with Gasteiger partial charge in [-0.1, -0.05) is 24.3 Å². The van der Waals surface area contributed by atoms with Crippen molar-refractivity contribution in [3.8, 4) is 16.2 Å². The summed E-state index contributed by atoms with van der Waals surface area (Å²) in [4.78, 5) is 33.1. The second-order valence-electron chi connectivity index (χ2n) is 12.6. The second-order valence-corrected chi connectivity index (χ2v) is 13.7. The number of carboxylic acid groups (broad SMARTS) is 1. The molecule has 0 atom stereocenters. The highest BCUT2D eigenvalue weighted by molar-refractivity contribution is 7.15. The Morgan fingerprint density at radius 3 is 2.37 bits per heavy atom. The molecule has 0 unspecified atom stereocenters. The van der Waals surface area contributed by atoms with Gasteiger partial charge in [0.25, 0.3) is 0 Å². The number of aryl methyl sites for hydroxylation is 1. The van der Waals surface area contributed by atoms with Crippen molar-refractivity contribution in [2.45, 2.75) is 89.1 Å². The first kappa shape index (κ1) is 29.7. The topological polar surface area (TPSA) is 89.0 Å². The molecule has 0 aliphatic heterocycles. The molecule has 8 heteroatoms. The largest absolute Gasteiger partial charge is 0.506 e. The van der Waals surface area contributed by atoms with Gasteiger partial charge in [-0.2, -0.15) is 0 Å². The maximum atomic E-state index is 14.2. The molecule has 2 aromatic carbocycles. The Morgan fingerprint density at radius 2 is 1.70 bits per heavy atom. The number of methoxy groups -OCH3 is 1. The fourth-order valence-electron chi connectivity index (χ4n) is 6.97. The molecule has 0 spiro atoms. The minimum atomic E-state index is -1.23. The normalized spacial score (nSPS) is 23.9. The molecule has 1 heterocycles. The molecule has 1 aromatic heterocycles. The van der Waals surface area contributed by atoms with Gasteiger partial charge in [-0.05, 0) is 118 Å². The van der Waals surface area contributed by atoms with E-state index in [1.165, 1.54) is 29.0 Å². The van der Waals surface area contributed by atoms with Crippen molar-refractivity contribution >= 4 is 29.1 Å². The van der Waals surface area contributed by atoms with Crippen LogP contribution < -0.4 is 9.64 Å². The van der Waals surface area contributed by atoms with Crippen LogP contribution in [0, 0.1) is 18.8 Å². The number of benzene rings is 2. The van der Waals surface area contributed by atoms with Crippen LogP contribution in [0.2, 0.25) is 0 Å². The quantitative estimate of drug-likeness (QED) is 0.247. The number of thiazole rings is 1. The molecule has 3 fully saturated rings. The van der Waals surface area contributed by atoms with Crippen LogP contribution in [-0.4, -0.2) is 41.9 Å². The van der Waals surface area contributed by atoms with Crippen molar-refractivity contribution in [3.63, 3.8) is 0 Å². The monoisotopic (exact) mass is 602 g/mol. The van der Waals surface area contributed by atoms with Crippen LogP contribution in [0.25, 0.3) is 10.4 Å². The Balaban J connectivity index is 1.18.